The number of carbonyl (C=O) groups is 1. The first-order valence-electron chi connectivity index (χ1n) is 6.34. The second-order valence-corrected chi connectivity index (χ2v) is 4.87. The molecule has 6 heteroatoms. The molecule has 0 fully saturated rings. The van der Waals surface area contributed by atoms with Crippen LogP contribution in [0, 0.1) is 0 Å². The highest BCUT2D eigenvalue weighted by Crippen LogP contribution is 2.40. The van der Waals surface area contributed by atoms with Gasteiger partial charge in [0.25, 0.3) is 0 Å². The molecule has 3 rings (SSSR count). The summed E-state index contributed by atoms with van der Waals surface area (Å²) in [4.78, 5) is 12.9. The third-order valence-electron chi connectivity index (χ3n) is 3.58. The fourth-order valence-electron chi connectivity index (χ4n) is 2.54. The van der Waals surface area contributed by atoms with Crippen molar-refractivity contribution in [2.24, 2.45) is 0 Å². The summed E-state index contributed by atoms with van der Waals surface area (Å²) < 4.78 is 5.01. The number of hydrogen-bond donors (Lipinski definition) is 2. The first-order valence-corrected chi connectivity index (χ1v) is 6.34. The number of fused-ring (bicyclic) bond motifs is 1. The van der Waals surface area contributed by atoms with Crippen LogP contribution in [0.15, 0.2) is 22.7 Å². The zero-order valence-electron chi connectivity index (χ0n) is 11.0. The predicted molar refractivity (Wildman–Crippen MR) is 72.2 cm³/mol. The minimum atomic E-state index is -1.16. The lowest BCUT2D eigenvalue weighted by atomic mass is 9.97. The standard InChI is InChI=1S/C14H14N2O4/c1-16-6-2-3-8-11(16)5-4-9(13(8)17)12-7-10(14(18)19)15-20-12/h4-5,7,17H,2-3,6H2,1H3,(H,18,19). The largest absolute Gasteiger partial charge is 0.507 e. The van der Waals surface area contributed by atoms with Crippen LogP contribution in [-0.2, 0) is 6.42 Å². The van der Waals surface area contributed by atoms with Crippen molar-refractivity contribution in [3.8, 4) is 17.1 Å². The van der Waals surface area contributed by atoms with Crippen molar-refractivity contribution in [2.45, 2.75) is 12.8 Å². The number of aromatic carboxylic acids is 1. The maximum absolute atomic E-state index is 10.8. The van der Waals surface area contributed by atoms with Crippen molar-refractivity contribution >= 4 is 11.7 Å². The summed E-state index contributed by atoms with van der Waals surface area (Å²) in [7, 11) is 1.98. The van der Waals surface area contributed by atoms with E-state index in [1.807, 2.05) is 13.1 Å². The third-order valence-corrected chi connectivity index (χ3v) is 3.58. The Hall–Kier alpha value is -2.50. The molecule has 104 valence electrons. The smallest absolute Gasteiger partial charge is 0.358 e. The summed E-state index contributed by atoms with van der Waals surface area (Å²) >= 11 is 0. The molecule has 1 aliphatic rings. The van der Waals surface area contributed by atoms with Gasteiger partial charge in [0.15, 0.2) is 11.5 Å². The SMILES string of the molecule is CN1CCCc2c1ccc(-c1cc(C(=O)O)no1)c2O. The second kappa shape index (κ2) is 4.56. The molecule has 0 saturated heterocycles. The molecule has 20 heavy (non-hydrogen) atoms. The number of anilines is 1. The Kier molecular flexibility index (Phi) is 2.85. The summed E-state index contributed by atoms with van der Waals surface area (Å²) in [5.74, 6) is -0.754. The van der Waals surface area contributed by atoms with Gasteiger partial charge in [-0.25, -0.2) is 4.79 Å². The molecular formula is C14H14N2O4. The van der Waals surface area contributed by atoms with Crippen molar-refractivity contribution in [3.63, 3.8) is 0 Å². The van der Waals surface area contributed by atoms with Gasteiger partial charge in [0.05, 0.1) is 5.56 Å². The number of carboxylic acids is 1. The van der Waals surface area contributed by atoms with Gasteiger partial charge in [-0.15, -0.1) is 0 Å². The summed E-state index contributed by atoms with van der Waals surface area (Å²) in [6, 6.07) is 4.95. The molecule has 0 spiro atoms. The highest BCUT2D eigenvalue weighted by molar-refractivity contribution is 5.87. The molecule has 0 aliphatic carbocycles. The molecule has 0 amide bonds. The zero-order chi connectivity index (χ0) is 14.3. The Morgan fingerprint density at radius 3 is 2.95 bits per heavy atom. The van der Waals surface area contributed by atoms with Crippen molar-refractivity contribution in [2.75, 3.05) is 18.5 Å². The van der Waals surface area contributed by atoms with E-state index < -0.39 is 5.97 Å². The number of rotatable bonds is 2. The van der Waals surface area contributed by atoms with Crippen molar-refractivity contribution in [1.29, 1.82) is 0 Å². The maximum atomic E-state index is 10.8. The lowest BCUT2D eigenvalue weighted by Gasteiger charge is -2.28. The number of phenols is 1. The van der Waals surface area contributed by atoms with E-state index in [-0.39, 0.29) is 17.2 Å². The average Bonchev–Trinajstić information content (AvgIpc) is 2.90. The Bertz CT molecular complexity index is 678. The van der Waals surface area contributed by atoms with Crippen LogP contribution in [0.3, 0.4) is 0 Å². The minimum absolute atomic E-state index is 0.141. The van der Waals surface area contributed by atoms with Gasteiger partial charge in [0, 0.05) is 30.9 Å². The van der Waals surface area contributed by atoms with Gasteiger partial charge < -0.3 is 19.6 Å². The zero-order valence-corrected chi connectivity index (χ0v) is 11.0. The van der Waals surface area contributed by atoms with Gasteiger partial charge in [0.1, 0.15) is 5.75 Å². The van der Waals surface area contributed by atoms with Gasteiger partial charge in [0.2, 0.25) is 0 Å². The highest BCUT2D eigenvalue weighted by atomic mass is 16.5. The molecule has 1 aliphatic heterocycles. The molecule has 1 aromatic heterocycles. The van der Waals surface area contributed by atoms with E-state index >= 15 is 0 Å². The van der Waals surface area contributed by atoms with Crippen molar-refractivity contribution in [1.82, 2.24) is 5.16 Å². The predicted octanol–water partition coefficient (Wildman–Crippen LogP) is 2.13. The quantitative estimate of drug-likeness (QED) is 0.872. The number of aromatic hydroxyl groups is 1. The molecular weight excluding hydrogens is 260 g/mol. The number of benzene rings is 1. The summed E-state index contributed by atoms with van der Waals surface area (Å²) in [5, 5.41) is 22.7. The fourth-order valence-corrected chi connectivity index (χ4v) is 2.54. The number of aromatic nitrogens is 1. The minimum Gasteiger partial charge on any atom is -0.507 e. The second-order valence-electron chi connectivity index (χ2n) is 4.87. The number of nitrogens with zero attached hydrogens (tertiary/aromatic N) is 2. The molecule has 2 N–H and O–H groups in total. The van der Waals surface area contributed by atoms with Crippen LogP contribution in [0.5, 0.6) is 5.75 Å². The molecule has 0 saturated carbocycles. The first kappa shape index (κ1) is 12.5. The summed E-state index contributed by atoms with van der Waals surface area (Å²) in [6.07, 6.45) is 1.76. The van der Waals surface area contributed by atoms with Crippen LogP contribution < -0.4 is 4.90 Å². The average molecular weight is 274 g/mol. The van der Waals surface area contributed by atoms with Gasteiger partial charge in [-0.1, -0.05) is 5.16 Å². The highest BCUT2D eigenvalue weighted by Gasteiger charge is 2.22. The molecule has 2 aromatic rings. The maximum Gasteiger partial charge on any atom is 0.358 e. The van der Waals surface area contributed by atoms with Gasteiger partial charge in [-0.05, 0) is 25.0 Å². The fraction of sp³-hybridized carbons (Fsp3) is 0.286. The van der Waals surface area contributed by atoms with E-state index in [2.05, 4.69) is 10.1 Å². The Morgan fingerprint density at radius 2 is 2.25 bits per heavy atom. The lowest BCUT2D eigenvalue weighted by molar-refractivity contribution is 0.0686. The van der Waals surface area contributed by atoms with Gasteiger partial charge in [-0.2, -0.15) is 0 Å². The van der Waals surface area contributed by atoms with E-state index in [0.717, 1.165) is 30.6 Å². The van der Waals surface area contributed by atoms with Crippen LogP contribution >= 0.6 is 0 Å². The first-order chi connectivity index (χ1) is 9.58. The third kappa shape index (κ3) is 1.89. The monoisotopic (exact) mass is 274 g/mol. The van der Waals surface area contributed by atoms with Crippen LogP contribution in [0.4, 0.5) is 5.69 Å². The van der Waals surface area contributed by atoms with Crippen molar-refractivity contribution in [3.05, 3.63) is 29.5 Å². The summed E-state index contributed by atoms with van der Waals surface area (Å²) in [5.41, 5.74) is 2.16. The number of carboxylic acid groups (broad SMARTS) is 1. The van der Waals surface area contributed by atoms with Crippen LogP contribution in [-0.4, -0.2) is 34.9 Å². The molecule has 2 heterocycles. The molecule has 0 unspecified atom stereocenters. The van der Waals surface area contributed by atoms with Crippen LogP contribution in [0.25, 0.3) is 11.3 Å². The normalized spacial score (nSPS) is 14.2. The number of phenolic OH excluding ortho intramolecular Hbond substituents is 1. The molecule has 0 bridgehead atoms. The van der Waals surface area contributed by atoms with Crippen LogP contribution in [0.2, 0.25) is 0 Å². The van der Waals surface area contributed by atoms with Gasteiger partial charge in [-0.3, -0.25) is 0 Å². The molecule has 0 radical (unpaired) electrons. The van der Waals surface area contributed by atoms with E-state index in [1.165, 1.54) is 6.07 Å². The summed E-state index contributed by atoms with van der Waals surface area (Å²) in [6.45, 7) is 0.956. The van der Waals surface area contributed by atoms with Crippen molar-refractivity contribution < 1.29 is 19.5 Å². The Balaban J connectivity index is 2.08. The topological polar surface area (TPSA) is 86.8 Å². The van der Waals surface area contributed by atoms with Gasteiger partial charge >= 0.3 is 5.97 Å². The van der Waals surface area contributed by atoms with E-state index in [1.54, 1.807) is 6.07 Å². The Labute approximate surface area is 115 Å². The molecule has 6 nitrogen and oxygen atoms in total. The Morgan fingerprint density at radius 1 is 1.45 bits per heavy atom. The lowest BCUT2D eigenvalue weighted by Crippen LogP contribution is -2.24. The van der Waals surface area contributed by atoms with Crippen LogP contribution in [0.1, 0.15) is 22.5 Å². The van der Waals surface area contributed by atoms with E-state index in [9.17, 15) is 9.90 Å². The number of hydrogen-bond acceptors (Lipinski definition) is 5. The molecule has 0 atom stereocenters. The molecule has 1 aromatic carbocycles. The van der Waals surface area contributed by atoms with E-state index in [0.29, 0.717) is 5.56 Å². The van der Waals surface area contributed by atoms with E-state index in [4.69, 9.17) is 9.63 Å².